The van der Waals surface area contributed by atoms with E-state index in [2.05, 4.69) is 16.7 Å². The molecule has 9 nitrogen and oxygen atoms in total. The highest BCUT2D eigenvalue weighted by Crippen LogP contribution is 2.27. The number of nitrogens with zero attached hydrogens (tertiary/aromatic N) is 1. The predicted octanol–water partition coefficient (Wildman–Crippen LogP) is 5.77. The largest absolute Gasteiger partial charge is 0.458 e. The molecule has 0 bridgehead atoms. The number of hydrogen-bond acceptors (Lipinski definition) is 6. The normalized spacial score (nSPS) is 13.6. The third kappa shape index (κ3) is 11.9. The summed E-state index contributed by atoms with van der Waals surface area (Å²) < 4.78 is 11.1. The van der Waals surface area contributed by atoms with Gasteiger partial charge in [-0.3, -0.25) is 14.5 Å². The van der Waals surface area contributed by atoms with Gasteiger partial charge >= 0.3 is 12.1 Å². The van der Waals surface area contributed by atoms with Crippen molar-refractivity contribution in [2.45, 2.75) is 111 Å². The van der Waals surface area contributed by atoms with Gasteiger partial charge in [-0.05, 0) is 84.4 Å². The average molecular weight is 620 g/mol. The first-order valence-corrected chi connectivity index (χ1v) is 15.2. The molecular formula is C36H49N3O6. The van der Waals surface area contributed by atoms with E-state index < -0.39 is 53.2 Å². The molecule has 2 rings (SSSR count). The second kappa shape index (κ2) is 15.6. The summed E-state index contributed by atoms with van der Waals surface area (Å²) in [6, 6.07) is 13.6. The summed E-state index contributed by atoms with van der Waals surface area (Å²) >= 11 is 0. The Balaban J connectivity index is 2.59. The molecule has 0 saturated heterocycles. The van der Waals surface area contributed by atoms with Gasteiger partial charge in [0, 0.05) is 12.5 Å². The monoisotopic (exact) mass is 619 g/mol. The van der Waals surface area contributed by atoms with Gasteiger partial charge in [0.2, 0.25) is 5.91 Å². The molecule has 3 atom stereocenters. The quantitative estimate of drug-likeness (QED) is 0.188. The van der Waals surface area contributed by atoms with Gasteiger partial charge in [0.15, 0.2) is 0 Å². The van der Waals surface area contributed by atoms with E-state index >= 15 is 0 Å². The maximum Gasteiger partial charge on any atom is 0.408 e. The Morgan fingerprint density at radius 2 is 1.47 bits per heavy atom. The summed E-state index contributed by atoms with van der Waals surface area (Å²) in [5.41, 5.74) is 1.36. The molecule has 3 unspecified atom stereocenters. The molecule has 0 aromatic heterocycles. The molecule has 0 spiro atoms. The van der Waals surface area contributed by atoms with Crippen molar-refractivity contribution in [3.05, 3.63) is 70.8 Å². The Morgan fingerprint density at radius 3 is 1.98 bits per heavy atom. The van der Waals surface area contributed by atoms with Crippen LogP contribution in [0.2, 0.25) is 0 Å². The molecule has 2 N–H and O–H groups in total. The van der Waals surface area contributed by atoms with Crippen LogP contribution >= 0.6 is 0 Å². The average Bonchev–Trinajstić information content (AvgIpc) is 2.89. The number of carbonyl (C=O) groups excluding carboxylic acids is 4. The van der Waals surface area contributed by atoms with Crippen LogP contribution < -0.4 is 10.6 Å². The number of hydrogen-bond donors (Lipinski definition) is 2. The fourth-order valence-electron chi connectivity index (χ4n) is 4.77. The molecule has 3 amide bonds. The van der Waals surface area contributed by atoms with Crippen LogP contribution in [0.4, 0.5) is 4.79 Å². The van der Waals surface area contributed by atoms with Crippen LogP contribution in [0.15, 0.2) is 48.5 Å². The Bertz CT molecular complexity index is 1380. The molecule has 0 saturated carbocycles. The van der Waals surface area contributed by atoms with E-state index in [-0.39, 0.29) is 18.8 Å². The highest BCUT2D eigenvalue weighted by atomic mass is 16.6. The maximum absolute atomic E-state index is 14.3. The summed E-state index contributed by atoms with van der Waals surface area (Å²) in [6.45, 7) is 17.9. The topological polar surface area (TPSA) is 114 Å². The Labute approximate surface area is 268 Å². The molecular weight excluding hydrogens is 570 g/mol. The molecule has 0 aliphatic heterocycles. The first-order chi connectivity index (χ1) is 20.8. The van der Waals surface area contributed by atoms with Crippen LogP contribution in [0.3, 0.4) is 0 Å². The number of benzene rings is 2. The lowest BCUT2D eigenvalue weighted by Gasteiger charge is -2.33. The summed E-state index contributed by atoms with van der Waals surface area (Å²) in [6.07, 6.45) is 5.59. The van der Waals surface area contributed by atoms with Gasteiger partial charge in [0.05, 0.1) is 0 Å². The van der Waals surface area contributed by atoms with E-state index in [9.17, 15) is 19.2 Å². The second-order valence-corrected chi connectivity index (χ2v) is 13.7. The van der Waals surface area contributed by atoms with E-state index in [1.807, 2.05) is 70.2 Å². The van der Waals surface area contributed by atoms with Crippen molar-refractivity contribution in [2.75, 3.05) is 0 Å². The Kier molecular flexibility index (Phi) is 12.8. The smallest absolute Gasteiger partial charge is 0.408 e. The molecule has 2 aromatic rings. The number of carbonyl (C=O) groups is 4. The second-order valence-electron chi connectivity index (χ2n) is 13.7. The van der Waals surface area contributed by atoms with Crippen molar-refractivity contribution in [3.8, 4) is 12.5 Å². The summed E-state index contributed by atoms with van der Waals surface area (Å²) in [5, 5.41) is 5.49. The SMILES string of the molecule is C#CN(C(=O)C(CC(C)C)NC(=O)OC(C)(C)C)C(C(=O)NC(Cc1ccccc1)C(=O)OC(C)(C)C)c1ccc(C)cc1C. The van der Waals surface area contributed by atoms with Gasteiger partial charge < -0.3 is 20.1 Å². The highest BCUT2D eigenvalue weighted by Gasteiger charge is 2.39. The predicted molar refractivity (Wildman–Crippen MR) is 175 cm³/mol. The molecule has 0 heterocycles. The molecule has 0 aliphatic rings. The standard InChI is InChI=1S/C36H49N3O6/c1-12-39(32(41)28(20-23(2)3)38-34(43)45-36(9,10)11)30(27-19-18-24(4)21-25(27)5)31(40)37-29(33(42)44-35(6,7)8)22-26-16-14-13-15-17-26/h1,13-19,21,23,28-30H,20,22H2,2-11H3,(H,37,40)(H,38,43). The van der Waals surface area contributed by atoms with Crippen molar-refractivity contribution >= 4 is 23.9 Å². The zero-order chi connectivity index (χ0) is 34.1. The maximum atomic E-state index is 14.3. The lowest BCUT2D eigenvalue weighted by Crippen LogP contribution is -2.54. The van der Waals surface area contributed by atoms with E-state index in [0.717, 1.165) is 21.6 Å². The first kappa shape index (κ1) is 36.9. The lowest BCUT2D eigenvalue weighted by molar-refractivity contribution is -0.159. The number of alkyl carbamates (subject to hydrolysis) is 1. The number of aryl methyl sites for hydroxylation is 2. The number of terminal acetylenes is 1. The zero-order valence-electron chi connectivity index (χ0n) is 28.3. The fourth-order valence-corrected chi connectivity index (χ4v) is 4.77. The van der Waals surface area contributed by atoms with Gasteiger partial charge in [0.25, 0.3) is 5.91 Å². The molecule has 0 aliphatic carbocycles. The van der Waals surface area contributed by atoms with Crippen LogP contribution in [-0.4, -0.2) is 52.1 Å². The van der Waals surface area contributed by atoms with Crippen molar-refractivity contribution in [1.82, 2.24) is 15.5 Å². The van der Waals surface area contributed by atoms with E-state index in [4.69, 9.17) is 15.9 Å². The van der Waals surface area contributed by atoms with Gasteiger partial charge in [-0.2, -0.15) is 0 Å². The molecule has 2 aromatic carbocycles. The van der Waals surface area contributed by atoms with E-state index in [1.165, 1.54) is 0 Å². The van der Waals surface area contributed by atoms with Crippen LogP contribution in [0, 0.1) is 32.2 Å². The van der Waals surface area contributed by atoms with E-state index in [1.54, 1.807) is 47.6 Å². The molecule has 244 valence electrons. The number of nitrogens with one attached hydrogen (secondary N) is 2. The summed E-state index contributed by atoms with van der Waals surface area (Å²) in [5.74, 6) is -1.96. The first-order valence-electron chi connectivity index (χ1n) is 15.2. The molecule has 0 radical (unpaired) electrons. The minimum atomic E-state index is -1.32. The van der Waals surface area contributed by atoms with E-state index in [0.29, 0.717) is 5.56 Å². The van der Waals surface area contributed by atoms with Crippen molar-refractivity contribution in [1.29, 1.82) is 0 Å². The van der Waals surface area contributed by atoms with Crippen molar-refractivity contribution in [3.63, 3.8) is 0 Å². The summed E-state index contributed by atoms with van der Waals surface area (Å²) in [7, 11) is 0. The van der Waals surface area contributed by atoms with Crippen LogP contribution in [-0.2, 0) is 30.3 Å². The Hall–Kier alpha value is -4.32. The third-order valence-electron chi connectivity index (χ3n) is 6.59. The van der Waals surface area contributed by atoms with Gasteiger partial charge in [0.1, 0.15) is 29.3 Å². The van der Waals surface area contributed by atoms with Crippen LogP contribution in [0.1, 0.15) is 90.1 Å². The van der Waals surface area contributed by atoms with Gasteiger partial charge in [-0.25, -0.2) is 9.59 Å². The van der Waals surface area contributed by atoms with Crippen LogP contribution in [0.5, 0.6) is 0 Å². The molecule has 0 fully saturated rings. The number of ether oxygens (including phenoxy) is 2. The zero-order valence-corrected chi connectivity index (χ0v) is 28.3. The van der Waals surface area contributed by atoms with Gasteiger partial charge in [-0.15, -0.1) is 0 Å². The number of amides is 3. The molecule has 9 heteroatoms. The fraction of sp³-hybridized carbons (Fsp3) is 0.500. The highest BCUT2D eigenvalue weighted by molar-refractivity contribution is 5.95. The van der Waals surface area contributed by atoms with Crippen molar-refractivity contribution in [2.24, 2.45) is 5.92 Å². The van der Waals surface area contributed by atoms with Crippen LogP contribution in [0.25, 0.3) is 0 Å². The van der Waals surface area contributed by atoms with Gasteiger partial charge in [-0.1, -0.05) is 74.4 Å². The third-order valence-corrected chi connectivity index (χ3v) is 6.59. The minimum absolute atomic E-state index is 0.00989. The van der Waals surface area contributed by atoms with Crippen molar-refractivity contribution < 1.29 is 28.7 Å². The lowest BCUT2D eigenvalue weighted by atomic mass is 9.95. The number of rotatable bonds is 11. The molecule has 45 heavy (non-hydrogen) atoms. The summed E-state index contributed by atoms with van der Waals surface area (Å²) in [4.78, 5) is 55.6. The Morgan fingerprint density at radius 1 is 0.867 bits per heavy atom. The minimum Gasteiger partial charge on any atom is -0.458 e. The number of esters is 1.